The van der Waals surface area contributed by atoms with Crippen molar-refractivity contribution in [3.05, 3.63) is 35.5 Å². The highest BCUT2D eigenvalue weighted by Gasteiger charge is 2.34. The Labute approximate surface area is 109 Å². The number of hydrogen-bond donors (Lipinski definition) is 0. The van der Waals surface area contributed by atoms with E-state index >= 15 is 0 Å². The van der Waals surface area contributed by atoms with E-state index in [4.69, 9.17) is 0 Å². The summed E-state index contributed by atoms with van der Waals surface area (Å²) in [6.07, 6.45) is 8.02. The summed E-state index contributed by atoms with van der Waals surface area (Å²) < 4.78 is 0. The third kappa shape index (κ3) is 3.80. The number of hydrogen-bond acceptors (Lipinski definition) is 2. The van der Waals surface area contributed by atoms with Crippen LogP contribution in [-0.4, -0.2) is 11.6 Å². The zero-order chi connectivity index (χ0) is 13.9. The summed E-state index contributed by atoms with van der Waals surface area (Å²) in [5.74, 6) is 0.520. The van der Waals surface area contributed by atoms with E-state index < -0.39 is 0 Å². The van der Waals surface area contributed by atoms with Crippen LogP contribution in [-0.2, 0) is 9.59 Å². The first-order valence-electron chi connectivity index (χ1n) is 6.30. The summed E-state index contributed by atoms with van der Waals surface area (Å²) in [5.41, 5.74) is 1.99. The highest BCUT2D eigenvalue weighted by molar-refractivity contribution is 5.92. The lowest BCUT2D eigenvalue weighted by molar-refractivity contribution is -0.117. The van der Waals surface area contributed by atoms with Gasteiger partial charge in [-0.25, -0.2) is 0 Å². The molecule has 0 bridgehead atoms. The fourth-order valence-corrected chi connectivity index (χ4v) is 2.60. The maximum atomic E-state index is 11.6. The maximum Gasteiger partial charge on any atom is 0.156 e. The van der Waals surface area contributed by atoms with Gasteiger partial charge in [-0.15, -0.1) is 0 Å². The first-order valence-corrected chi connectivity index (χ1v) is 6.30. The summed E-state index contributed by atoms with van der Waals surface area (Å²) in [5, 5.41) is 0. The Morgan fingerprint density at radius 3 is 2.50 bits per heavy atom. The van der Waals surface area contributed by atoms with Crippen molar-refractivity contribution in [3.8, 4) is 0 Å². The normalized spacial score (nSPS) is 24.3. The van der Waals surface area contributed by atoms with Gasteiger partial charge < -0.3 is 0 Å². The Morgan fingerprint density at radius 2 is 2.00 bits per heavy atom. The average molecular weight is 246 g/mol. The van der Waals surface area contributed by atoms with Gasteiger partial charge in [-0.1, -0.05) is 31.6 Å². The van der Waals surface area contributed by atoms with Crippen molar-refractivity contribution in [3.63, 3.8) is 0 Å². The van der Waals surface area contributed by atoms with Gasteiger partial charge in [0.2, 0.25) is 0 Å². The van der Waals surface area contributed by atoms with Crippen LogP contribution in [0, 0.1) is 11.3 Å². The Balaban J connectivity index is 2.95. The van der Waals surface area contributed by atoms with Crippen LogP contribution in [0.15, 0.2) is 35.5 Å². The molecule has 0 saturated heterocycles. The first-order chi connectivity index (χ1) is 8.22. The van der Waals surface area contributed by atoms with Gasteiger partial charge in [-0.05, 0) is 43.9 Å². The number of carbonyl (C=O) groups is 2. The lowest BCUT2D eigenvalue weighted by Gasteiger charge is -2.35. The fraction of sp³-hybridized carbons (Fsp3) is 0.500. The van der Waals surface area contributed by atoms with Gasteiger partial charge in [-0.3, -0.25) is 9.59 Å². The third-order valence-corrected chi connectivity index (χ3v) is 3.33. The first kappa shape index (κ1) is 14.6. The smallest absolute Gasteiger partial charge is 0.156 e. The predicted octanol–water partition coefficient (Wildman–Crippen LogP) is 3.64. The van der Waals surface area contributed by atoms with Crippen LogP contribution in [0.25, 0.3) is 0 Å². The van der Waals surface area contributed by atoms with Crippen LogP contribution >= 0.6 is 0 Å². The second-order valence-electron chi connectivity index (χ2n) is 5.86. The summed E-state index contributed by atoms with van der Waals surface area (Å²) in [6.45, 7) is 9.68. The van der Waals surface area contributed by atoms with Gasteiger partial charge in [0, 0.05) is 12.3 Å². The zero-order valence-corrected chi connectivity index (χ0v) is 11.9. The molecule has 0 N–H and O–H groups in total. The quantitative estimate of drug-likeness (QED) is 0.563. The minimum absolute atomic E-state index is 0.0527. The molecule has 0 aromatic heterocycles. The van der Waals surface area contributed by atoms with Gasteiger partial charge >= 0.3 is 0 Å². The Morgan fingerprint density at radius 1 is 1.39 bits per heavy atom. The predicted molar refractivity (Wildman–Crippen MR) is 74.2 cm³/mol. The molecule has 0 aromatic carbocycles. The monoisotopic (exact) mass is 246 g/mol. The zero-order valence-electron chi connectivity index (χ0n) is 11.9. The minimum Gasteiger partial charge on any atom is -0.295 e. The van der Waals surface area contributed by atoms with Crippen LogP contribution in [0.3, 0.4) is 0 Å². The average Bonchev–Trinajstić information content (AvgIpc) is 2.12. The fourth-order valence-electron chi connectivity index (χ4n) is 2.60. The van der Waals surface area contributed by atoms with Crippen molar-refractivity contribution in [1.82, 2.24) is 0 Å². The molecule has 0 aromatic rings. The molecule has 2 heteroatoms. The molecule has 0 fully saturated rings. The van der Waals surface area contributed by atoms with Crippen LogP contribution in [0.2, 0.25) is 0 Å². The van der Waals surface area contributed by atoms with Crippen molar-refractivity contribution in [2.24, 2.45) is 11.3 Å². The van der Waals surface area contributed by atoms with Gasteiger partial charge in [-0.2, -0.15) is 0 Å². The molecule has 0 amide bonds. The molecule has 98 valence electrons. The van der Waals surface area contributed by atoms with Crippen LogP contribution in [0.1, 0.15) is 41.0 Å². The van der Waals surface area contributed by atoms with Gasteiger partial charge in [0.1, 0.15) is 0 Å². The molecule has 0 aliphatic heterocycles. The molecule has 1 rings (SSSR count). The van der Waals surface area contributed by atoms with E-state index in [9.17, 15) is 9.59 Å². The lowest BCUT2D eigenvalue weighted by Crippen LogP contribution is -2.30. The second-order valence-corrected chi connectivity index (χ2v) is 5.86. The second kappa shape index (κ2) is 5.47. The molecule has 1 aliphatic rings. The molecular weight excluding hydrogens is 224 g/mol. The van der Waals surface area contributed by atoms with Gasteiger partial charge in [0.05, 0.1) is 0 Å². The molecule has 0 saturated carbocycles. The van der Waals surface area contributed by atoms with Crippen molar-refractivity contribution in [1.29, 1.82) is 0 Å². The van der Waals surface area contributed by atoms with Crippen molar-refractivity contribution in [2.45, 2.75) is 41.0 Å². The molecule has 0 heterocycles. The van der Waals surface area contributed by atoms with Crippen LogP contribution < -0.4 is 0 Å². The van der Waals surface area contributed by atoms with E-state index in [1.807, 2.05) is 19.9 Å². The summed E-state index contributed by atoms with van der Waals surface area (Å²) in [4.78, 5) is 22.5. The molecule has 1 aliphatic carbocycles. The highest BCUT2D eigenvalue weighted by Crippen LogP contribution is 2.40. The van der Waals surface area contributed by atoms with Crippen molar-refractivity contribution < 1.29 is 9.59 Å². The SMILES string of the molecule is CC(=O)/C=C(C)/C=C/C1C(C)=CC(=O)CC1(C)C. The Hall–Kier alpha value is -1.44. The van der Waals surface area contributed by atoms with E-state index in [-0.39, 0.29) is 22.9 Å². The molecule has 0 radical (unpaired) electrons. The van der Waals surface area contributed by atoms with Crippen LogP contribution in [0.4, 0.5) is 0 Å². The standard InChI is InChI=1S/C16H22O2/c1-11(8-13(3)17)6-7-15-12(2)9-14(18)10-16(15,4)5/h6-9,15H,10H2,1-5H3/b7-6+,11-8+. The number of carbonyl (C=O) groups excluding carboxylic acids is 2. The molecule has 18 heavy (non-hydrogen) atoms. The third-order valence-electron chi connectivity index (χ3n) is 3.33. The van der Waals surface area contributed by atoms with E-state index in [0.717, 1.165) is 11.1 Å². The van der Waals surface area contributed by atoms with E-state index in [1.54, 1.807) is 19.1 Å². The Kier molecular flexibility index (Phi) is 4.44. The molecular formula is C16H22O2. The molecule has 1 atom stereocenters. The summed E-state index contributed by atoms with van der Waals surface area (Å²) in [7, 11) is 0. The Bertz CT molecular complexity index is 448. The largest absolute Gasteiger partial charge is 0.295 e. The minimum atomic E-state index is -0.0527. The van der Waals surface area contributed by atoms with E-state index in [2.05, 4.69) is 19.9 Å². The molecule has 2 nitrogen and oxygen atoms in total. The van der Waals surface area contributed by atoms with Crippen molar-refractivity contribution in [2.75, 3.05) is 0 Å². The van der Waals surface area contributed by atoms with Gasteiger partial charge in [0.25, 0.3) is 0 Å². The maximum absolute atomic E-state index is 11.6. The summed E-state index contributed by atoms with van der Waals surface area (Å²) in [6, 6.07) is 0. The van der Waals surface area contributed by atoms with Crippen LogP contribution in [0.5, 0.6) is 0 Å². The van der Waals surface area contributed by atoms with Crippen molar-refractivity contribution >= 4 is 11.6 Å². The molecule has 0 spiro atoms. The molecule has 1 unspecified atom stereocenters. The number of ketones is 2. The lowest BCUT2D eigenvalue weighted by atomic mass is 9.68. The summed E-state index contributed by atoms with van der Waals surface area (Å²) >= 11 is 0. The highest BCUT2D eigenvalue weighted by atomic mass is 16.1. The van der Waals surface area contributed by atoms with E-state index in [0.29, 0.717) is 6.42 Å². The number of allylic oxidation sites excluding steroid dienone is 6. The topological polar surface area (TPSA) is 34.1 Å². The number of rotatable bonds is 3. The van der Waals surface area contributed by atoms with Gasteiger partial charge in [0.15, 0.2) is 11.6 Å². The van der Waals surface area contributed by atoms with E-state index in [1.165, 1.54) is 0 Å².